The number of ether oxygens (including phenoxy) is 1. The Morgan fingerprint density at radius 2 is 1.75 bits per heavy atom. The number of rotatable bonds is 5. The molecule has 0 aliphatic heterocycles. The standard InChI is InChI=1S/C17H23NO2/c19-17(18-15-8-9-15)12-20-16-10-6-14(7-11-16)13-4-2-1-3-5-13/h6-7,10-11,13,15H,1-5,8-9,12H2,(H,18,19). The Hall–Kier alpha value is -1.51. The highest BCUT2D eigenvalue weighted by Crippen LogP contribution is 2.33. The number of hydrogen-bond acceptors (Lipinski definition) is 2. The fraction of sp³-hybridized carbons (Fsp3) is 0.588. The first-order valence-corrected chi connectivity index (χ1v) is 7.83. The molecule has 3 rings (SSSR count). The lowest BCUT2D eigenvalue weighted by atomic mass is 9.84. The lowest BCUT2D eigenvalue weighted by Gasteiger charge is -2.22. The van der Waals surface area contributed by atoms with Crippen LogP contribution in [0.3, 0.4) is 0 Å². The molecular weight excluding hydrogens is 250 g/mol. The summed E-state index contributed by atoms with van der Waals surface area (Å²) in [6.45, 7) is 0.124. The second-order valence-electron chi connectivity index (χ2n) is 6.03. The average Bonchev–Trinajstić information content (AvgIpc) is 3.31. The third-order valence-electron chi connectivity index (χ3n) is 4.27. The fourth-order valence-electron chi connectivity index (χ4n) is 2.92. The molecule has 20 heavy (non-hydrogen) atoms. The zero-order valence-electron chi connectivity index (χ0n) is 11.9. The molecule has 0 spiro atoms. The van der Waals surface area contributed by atoms with Gasteiger partial charge in [0, 0.05) is 6.04 Å². The Morgan fingerprint density at radius 1 is 1.05 bits per heavy atom. The number of carbonyl (C=O) groups excluding carboxylic acids is 1. The molecule has 0 heterocycles. The third-order valence-corrected chi connectivity index (χ3v) is 4.27. The molecular formula is C17H23NO2. The van der Waals surface area contributed by atoms with E-state index in [1.54, 1.807) is 0 Å². The SMILES string of the molecule is O=C(COc1ccc(C2CCCCC2)cc1)NC1CC1. The highest BCUT2D eigenvalue weighted by atomic mass is 16.5. The van der Waals surface area contributed by atoms with Crippen LogP contribution in [0.4, 0.5) is 0 Å². The van der Waals surface area contributed by atoms with Crippen molar-refractivity contribution in [1.82, 2.24) is 5.32 Å². The smallest absolute Gasteiger partial charge is 0.258 e. The van der Waals surface area contributed by atoms with E-state index < -0.39 is 0 Å². The van der Waals surface area contributed by atoms with Crippen LogP contribution in [0, 0.1) is 0 Å². The quantitative estimate of drug-likeness (QED) is 0.893. The van der Waals surface area contributed by atoms with Crippen molar-refractivity contribution in [2.45, 2.75) is 56.9 Å². The summed E-state index contributed by atoms with van der Waals surface area (Å²) >= 11 is 0. The molecule has 2 aliphatic rings. The third kappa shape index (κ3) is 3.75. The first-order chi connectivity index (χ1) is 9.81. The molecule has 2 saturated carbocycles. The van der Waals surface area contributed by atoms with Gasteiger partial charge in [-0.15, -0.1) is 0 Å². The van der Waals surface area contributed by atoms with Gasteiger partial charge in [-0.3, -0.25) is 4.79 Å². The van der Waals surface area contributed by atoms with E-state index in [1.807, 2.05) is 12.1 Å². The molecule has 3 heteroatoms. The van der Waals surface area contributed by atoms with Crippen LogP contribution in [0.2, 0.25) is 0 Å². The summed E-state index contributed by atoms with van der Waals surface area (Å²) in [5, 5.41) is 2.92. The minimum Gasteiger partial charge on any atom is -0.484 e. The summed E-state index contributed by atoms with van der Waals surface area (Å²) in [4.78, 5) is 11.5. The van der Waals surface area contributed by atoms with Gasteiger partial charge in [-0.05, 0) is 49.3 Å². The maximum absolute atomic E-state index is 11.5. The van der Waals surface area contributed by atoms with Crippen molar-refractivity contribution in [1.29, 1.82) is 0 Å². The average molecular weight is 273 g/mol. The largest absolute Gasteiger partial charge is 0.484 e. The normalized spacial score (nSPS) is 19.6. The van der Waals surface area contributed by atoms with E-state index in [0.717, 1.165) is 24.5 Å². The predicted molar refractivity (Wildman–Crippen MR) is 78.9 cm³/mol. The summed E-state index contributed by atoms with van der Waals surface area (Å²) in [7, 11) is 0. The van der Waals surface area contributed by atoms with Gasteiger partial charge < -0.3 is 10.1 Å². The van der Waals surface area contributed by atoms with Crippen LogP contribution in [0.1, 0.15) is 56.4 Å². The molecule has 1 aromatic carbocycles. The lowest BCUT2D eigenvalue weighted by molar-refractivity contribution is -0.123. The molecule has 0 bridgehead atoms. The summed E-state index contributed by atoms with van der Waals surface area (Å²) in [5.74, 6) is 1.50. The minimum atomic E-state index is -0.0103. The number of carbonyl (C=O) groups is 1. The van der Waals surface area contributed by atoms with Gasteiger partial charge in [0.1, 0.15) is 5.75 Å². The highest BCUT2D eigenvalue weighted by molar-refractivity contribution is 5.78. The molecule has 0 atom stereocenters. The van der Waals surface area contributed by atoms with Gasteiger partial charge in [-0.25, -0.2) is 0 Å². The summed E-state index contributed by atoms with van der Waals surface area (Å²) in [6, 6.07) is 8.71. The molecule has 0 aromatic heterocycles. The Labute approximate surface area is 120 Å². The van der Waals surface area contributed by atoms with Crippen LogP contribution in [0.5, 0.6) is 5.75 Å². The van der Waals surface area contributed by atoms with Crippen molar-refractivity contribution >= 4 is 5.91 Å². The molecule has 108 valence electrons. The number of amides is 1. The van der Waals surface area contributed by atoms with E-state index in [0.29, 0.717) is 6.04 Å². The molecule has 2 aliphatic carbocycles. The maximum atomic E-state index is 11.5. The lowest BCUT2D eigenvalue weighted by Crippen LogP contribution is -2.30. The van der Waals surface area contributed by atoms with E-state index >= 15 is 0 Å². The van der Waals surface area contributed by atoms with Crippen molar-refractivity contribution in [3.8, 4) is 5.75 Å². The van der Waals surface area contributed by atoms with Gasteiger partial charge in [0.15, 0.2) is 6.61 Å². The first-order valence-electron chi connectivity index (χ1n) is 7.83. The summed E-state index contributed by atoms with van der Waals surface area (Å²) < 4.78 is 5.53. The Bertz CT molecular complexity index is 445. The molecule has 1 amide bonds. The van der Waals surface area contributed by atoms with Crippen LogP contribution in [0.25, 0.3) is 0 Å². The van der Waals surface area contributed by atoms with E-state index in [1.165, 1.54) is 37.7 Å². The monoisotopic (exact) mass is 273 g/mol. The predicted octanol–water partition coefficient (Wildman–Crippen LogP) is 3.39. The Kier molecular flexibility index (Phi) is 4.24. The number of benzene rings is 1. The minimum absolute atomic E-state index is 0.0103. The van der Waals surface area contributed by atoms with Gasteiger partial charge >= 0.3 is 0 Å². The van der Waals surface area contributed by atoms with Gasteiger partial charge in [-0.2, -0.15) is 0 Å². The summed E-state index contributed by atoms with van der Waals surface area (Å²) in [5.41, 5.74) is 1.42. The van der Waals surface area contributed by atoms with E-state index in [2.05, 4.69) is 17.4 Å². The molecule has 1 aromatic rings. The molecule has 2 fully saturated rings. The fourth-order valence-corrected chi connectivity index (χ4v) is 2.92. The number of hydrogen-bond donors (Lipinski definition) is 1. The Balaban J connectivity index is 1.48. The van der Waals surface area contributed by atoms with Gasteiger partial charge in [0.2, 0.25) is 0 Å². The summed E-state index contributed by atoms with van der Waals surface area (Å²) in [6.07, 6.45) is 8.93. The van der Waals surface area contributed by atoms with E-state index in [-0.39, 0.29) is 12.5 Å². The topological polar surface area (TPSA) is 38.3 Å². The Morgan fingerprint density at radius 3 is 2.40 bits per heavy atom. The van der Waals surface area contributed by atoms with Crippen molar-refractivity contribution in [3.63, 3.8) is 0 Å². The van der Waals surface area contributed by atoms with Crippen molar-refractivity contribution in [2.75, 3.05) is 6.61 Å². The van der Waals surface area contributed by atoms with Crippen LogP contribution in [-0.4, -0.2) is 18.6 Å². The second-order valence-corrected chi connectivity index (χ2v) is 6.03. The van der Waals surface area contributed by atoms with Crippen LogP contribution in [-0.2, 0) is 4.79 Å². The van der Waals surface area contributed by atoms with Crippen LogP contribution >= 0.6 is 0 Å². The van der Waals surface area contributed by atoms with E-state index in [9.17, 15) is 4.79 Å². The second kappa shape index (κ2) is 6.29. The van der Waals surface area contributed by atoms with Crippen LogP contribution < -0.4 is 10.1 Å². The maximum Gasteiger partial charge on any atom is 0.258 e. The van der Waals surface area contributed by atoms with Gasteiger partial charge in [-0.1, -0.05) is 31.4 Å². The van der Waals surface area contributed by atoms with Crippen molar-refractivity contribution in [3.05, 3.63) is 29.8 Å². The molecule has 1 N–H and O–H groups in total. The van der Waals surface area contributed by atoms with E-state index in [4.69, 9.17) is 4.74 Å². The first kappa shape index (κ1) is 13.5. The molecule has 0 unspecified atom stereocenters. The molecule has 3 nitrogen and oxygen atoms in total. The van der Waals surface area contributed by atoms with Crippen molar-refractivity contribution < 1.29 is 9.53 Å². The zero-order chi connectivity index (χ0) is 13.8. The van der Waals surface area contributed by atoms with Crippen molar-refractivity contribution in [2.24, 2.45) is 0 Å². The zero-order valence-corrected chi connectivity index (χ0v) is 11.9. The van der Waals surface area contributed by atoms with Gasteiger partial charge in [0.25, 0.3) is 5.91 Å². The highest BCUT2D eigenvalue weighted by Gasteiger charge is 2.23. The molecule has 0 saturated heterocycles. The van der Waals surface area contributed by atoms with Crippen LogP contribution in [0.15, 0.2) is 24.3 Å². The molecule has 0 radical (unpaired) electrons. The van der Waals surface area contributed by atoms with Gasteiger partial charge in [0.05, 0.1) is 0 Å². The number of nitrogens with one attached hydrogen (secondary N) is 1.